The van der Waals surface area contributed by atoms with Gasteiger partial charge < -0.3 is 14.6 Å². The van der Waals surface area contributed by atoms with Crippen molar-refractivity contribution in [2.75, 3.05) is 27.2 Å². The van der Waals surface area contributed by atoms with Gasteiger partial charge in [-0.2, -0.15) is 0 Å². The predicted molar refractivity (Wildman–Crippen MR) is 51.6 cm³/mol. The minimum atomic E-state index is 0.130. The summed E-state index contributed by atoms with van der Waals surface area (Å²) in [5.74, 6) is 0.255. The van der Waals surface area contributed by atoms with E-state index in [2.05, 4.69) is 0 Å². The number of carbonyl (C=O) groups is 2. The van der Waals surface area contributed by atoms with Crippen molar-refractivity contribution < 1.29 is 9.59 Å². The molecule has 0 aromatic heterocycles. The average molecular weight is 186 g/mol. The van der Waals surface area contributed by atoms with Gasteiger partial charge in [0.1, 0.15) is 5.78 Å². The number of rotatable bonds is 1. The zero-order valence-corrected chi connectivity index (χ0v) is 8.83. The largest absolute Gasteiger partial charge is 0.326 e. The van der Waals surface area contributed by atoms with Crippen LogP contribution < -0.4 is 0 Å². The van der Waals surface area contributed by atoms with Gasteiger partial charge in [0.25, 0.3) is 0 Å². The Morgan fingerprint density at radius 2 is 1.62 bits per heavy atom. The number of Topliss-reactive ketones (excluding diaryl/α,β-unsaturated/α-hetero) is 1. The molecule has 4 heteroatoms. The van der Waals surface area contributed by atoms with Crippen molar-refractivity contribution in [2.24, 2.45) is 0 Å². The van der Waals surface area contributed by atoms with E-state index < -0.39 is 0 Å². The fourth-order valence-corrected chi connectivity index (χ4v) is 0.783. The number of urea groups is 1. The second-order valence-electron chi connectivity index (χ2n) is 3.18. The summed E-state index contributed by atoms with van der Waals surface area (Å²) in [6.07, 6.45) is 0.667. The summed E-state index contributed by atoms with van der Waals surface area (Å²) in [6, 6.07) is 0.130. The smallest absolute Gasteiger partial charge is 0.319 e. The first-order valence-electron chi connectivity index (χ1n) is 4.44. The molecule has 1 aliphatic heterocycles. The Hall–Kier alpha value is -1.06. The zero-order valence-electron chi connectivity index (χ0n) is 8.83. The van der Waals surface area contributed by atoms with Crippen LogP contribution in [0.2, 0.25) is 0 Å². The highest BCUT2D eigenvalue weighted by Gasteiger charge is 2.20. The van der Waals surface area contributed by atoms with E-state index in [1.165, 1.54) is 0 Å². The topological polar surface area (TPSA) is 40.6 Å². The van der Waals surface area contributed by atoms with Gasteiger partial charge in [0.05, 0.1) is 0 Å². The quantitative estimate of drug-likeness (QED) is 0.612. The molecule has 0 spiro atoms. The van der Waals surface area contributed by atoms with E-state index in [1.54, 1.807) is 16.7 Å². The van der Waals surface area contributed by atoms with Crippen molar-refractivity contribution in [2.45, 2.75) is 20.3 Å². The van der Waals surface area contributed by atoms with E-state index >= 15 is 0 Å². The third kappa shape index (κ3) is 4.50. The van der Waals surface area contributed by atoms with Crippen LogP contribution in [0.25, 0.3) is 0 Å². The molecule has 0 atom stereocenters. The van der Waals surface area contributed by atoms with Crippen LogP contribution in [0.3, 0.4) is 0 Å². The van der Waals surface area contributed by atoms with E-state index in [0.29, 0.717) is 6.42 Å². The molecule has 76 valence electrons. The van der Waals surface area contributed by atoms with E-state index in [9.17, 15) is 9.59 Å². The Morgan fingerprint density at radius 3 is 1.69 bits per heavy atom. The Morgan fingerprint density at radius 1 is 1.31 bits per heavy atom. The summed E-state index contributed by atoms with van der Waals surface area (Å²) in [7, 11) is 3.62. The number of likely N-dealkylation sites (N-methyl/N-ethyl adjacent to an activating group) is 2. The van der Waals surface area contributed by atoms with Crippen molar-refractivity contribution in [3.63, 3.8) is 0 Å². The Labute approximate surface area is 79.5 Å². The highest BCUT2D eigenvalue weighted by Crippen LogP contribution is 2.00. The molecule has 4 nitrogen and oxygen atoms in total. The number of amides is 2. The van der Waals surface area contributed by atoms with Crippen molar-refractivity contribution >= 4 is 11.8 Å². The van der Waals surface area contributed by atoms with Crippen LogP contribution in [0, 0.1) is 0 Å². The maximum atomic E-state index is 10.8. The second-order valence-corrected chi connectivity index (χ2v) is 3.18. The molecule has 2 amide bonds. The standard InChI is InChI=1S/C5H10N2O.C4H8O/c1-6-3-4-7(2)5(6)8;1-3-4(2)5/h3-4H2,1-2H3;3H2,1-2H3. The predicted octanol–water partition coefficient (Wildman–Crippen LogP) is 0.969. The molecular weight excluding hydrogens is 168 g/mol. The van der Waals surface area contributed by atoms with Gasteiger partial charge in [-0.15, -0.1) is 0 Å². The van der Waals surface area contributed by atoms with E-state index in [0.717, 1.165) is 13.1 Å². The SMILES string of the molecule is CCC(C)=O.CN1CCN(C)C1=O. The molecule has 0 saturated carbocycles. The van der Waals surface area contributed by atoms with Crippen molar-refractivity contribution in [3.8, 4) is 0 Å². The molecule has 1 fully saturated rings. The monoisotopic (exact) mass is 186 g/mol. The van der Waals surface area contributed by atoms with Gasteiger partial charge in [0.15, 0.2) is 0 Å². The third-order valence-corrected chi connectivity index (χ3v) is 1.92. The van der Waals surface area contributed by atoms with Crippen molar-refractivity contribution in [1.29, 1.82) is 0 Å². The average Bonchev–Trinajstić information content (AvgIpc) is 2.37. The summed E-state index contributed by atoms with van der Waals surface area (Å²) >= 11 is 0. The van der Waals surface area contributed by atoms with Gasteiger partial charge >= 0.3 is 6.03 Å². The Kier molecular flexibility index (Phi) is 5.11. The highest BCUT2D eigenvalue weighted by atomic mass is 16.2. The minimum Gasteiger partial charge on any atom is -0.326 e. The summed E-state index contributed by atoms with van der Waals surface area (Å²) in [5, 5.41) is 0. The molecule has 13 heavy (non-hydrogen) atoms. The molecule has 1 heterocycles. The fraction of sp³-hybridized carbons (Fsp3) is 0.778. The van der Waals surface area contributed by atoms with Crippen molar-refractivity contribution in [1.82, 2.24) is 9.80 Å². The van der Waals surface area contributed by atoms with Crippen LogP contribution in [-0.4, -0.2) is 48.8 Å². The first-order chi connectivity index (χ1) is 5.99. The first-order valence-corrected chi connectivity index (χ1v) is 4.44. The minimum absolute atomic E-state index is 0.130. The lowest BCUT2D eigenvalue weighted by molar-refractivity contribution is -0.116. The summed E-state index contributed by atoms with van der Waals surface area (Å²) in [5.41, 5.74) is 0. The van der Waals surface area contributed by atoms with E-state index in [1.807, 2.05) is 21.0 Å². The molecule has 0 aliphatic carbocycles. The second kappa shape index (κ2) is 5.56. The highest BCUT2D eigenvalue weighted by molar-refractivity contribution is 5.75. The number of hydrogen-bond acceptors (Lipinski definition) is 2. The van der Waals surface area contributed by atoms with Gasteiger partial charge in [-0.1, -0.05) is 6.92 Å². The van der Waals surface area contributed by atoms with Crippen LogP contribution in [0.1, 0.15) is 20.3 Å². The van der Waals surface area contributed by atoms with Gasteiger partial charge in [0.2, 0.25) is 0 Å². The Balaban J connectivity index is 0.000000252. The van der Waals surface area contributed by atoms with Gasteiger partial charge in [-0.3, -0.25) is 0 Å². The van der Waals surface area contributed by atoms with Crippen LogP contribution in [0.5, 0.6) is 0 Å². The lowest BCUT2D eigenvalue weighted by Gasteiger charge is -2.07. The maximum Gasteiger partial charge on any atom is 0.319 e. The summed E-state index contributed by atoms with van der Waals surface area (Å²) < 4.78 is 0. The summed E-state index contributed by atoms with van der Waals surface area (Å²) in [6.45, 7) is 5.17. The molecule has 0 bridgehead atoms. The van der Waals surface area contributed by atoms with Crippen LogP contribution >= 0.6 is 0 Å². The number of nitrogens with zero attached hydrogens (tertiary/aromatic N) is 2. The summed E-state index contributed by atoms with van der Waals surface area (Å²) in [4.78, 5) is 24.0. The maximum absolute atomic E-state index is 10.8. The fourth-order valence-electron chi connectivity index (χ4n) is 0.783. The normalized spacial score (nSPS) is 15.5. The lowest BCUT2D eigenvalue weighted by atomic mass is 10.4. The molecule has 1 rings (SSSR count). The number of carbonyl (C=O) groups excluding carboxylic acids is 2. The van der Waals surface area contributed by atoms with Gasteiger partial charge in [0, 0.05) is 33.6 Å². The van der Waals surface area contributed by atoms with Crippen LogP contribution in [0.15, 0.2) is 0 Å². The van der Waals surface area contributed by atoms with Crippen molar-refractivity contribution in [3.05, 3.63) is 0 Å². The van der Waals surface area contributed by atoms with Crippen LogP contribution in [0.4, 0.5) is 4.79 Å². The first kappa shape index (κ1) is 11.9. The van der Waals surface area contributed by atoms with E-state index in [-0.39, 0.29) is 11.8 Å². The molecule has 0 N–H and O–H groups in total. The molecule has 0 unspecified atom stereocenters. The number of hydrogen-bond donors (Lipinski definition) is 0. The molecule has 0 aromatic carbocycles. The number of ketones is 1. The Bertz CT molecular complexity index is 180. The molecule has 1 aliphatic rings. The van der Waals surface area contributed by atoms with Crippen LogP contribution in [-0.2, 0) is 4.79 Å². The lowest BCUT2D eigenvalue weighted by Crippen LogP contribution is -2.25. The zero-order chi connectivity index (χ0) is 10.4. The van der Waals surface area contributed by atoms with Gasteiger partial charge in [-0.05, 0) is 6.92 Å². The van der Waals surface area contributed by atoms with Gasteiger partial charge in [-0.25, -0.2) is 4.79 Å². The molecule has 1 saturated heterocycles. The van der Waals surface area contributed by atoms with E-state index in [4.69, 9.17) is 0 Å². The molecule has 0 aromatic rings. The third-order valence-electron chi connectivity index (χ3n) is 1.92. The molecular formula is C9H18N2O2. The molecule has 0 radical (unpaired) electrons.